The summed E-state index contributed by atoms with van der Waals surface area (Å²) in [5.41, 5.74) is 3.82. The van der Waals surface area contributed by atoms with Crippen molar-refractivity contribution < 1.29 is 4.74 Å². The van der Waals surface area contributed by atoms with Gasteiger partial charge in [-0.1, -0.05) is 41.7 Å². The number of benzene rings is 3. The molecule has 0 aliphatic rings. The molecule has 0 N–H and O–H groups in total. The summed E-state index contributed by atoms with van der Waals surface area (Å²) >= 11 is 3.68. The summed E-state index contributed by atoms with van der Waals surface area (Å²) in [5.74, 6) is 1.99. The van der Waals surface area contributed by atoms with Crippen molar-refractivity contribution in [1.82, 2.24) is 9.13 Å². The Bertz CT molecular complexity index is 1440. The summed E-state index contributed by atoms with van der Waals surface area (Å²) in [4.78, 5) is 6.15. The Kier molecular flexibility index (Phi) is 6.23. The van der Waals surface area contributed by atoms with E-state index in [0.29, 0.717) is 0 Å². The molecule has 0 aliphatic heterocycles. The number of thiazole rings is 1. The van der Waals surface area contributed by atoms with E-state index in [2.05, 4.69) is 76.1 Å². The molecule has 2 aromatic heterocycles. The van der Waals surface area contributed by atoms with Gasteiger partial charge in [0.05, 0.1) is 17.3 Å². The standard InChI is InChI=1S/C26H27N3OS2/c1-30-19-12-13-23-21(18-19)20-8-3-4-9-22(20)28(23)15-7-14-27-26-29(16-17-31-2)24-10-5-6-11-25(24)32-26/h3-6,8-13,18H,7,14-17H2,1-2H3. The van der Waals surface area contributed by atoms with E-state index >= 15 is 0 Å². The van der Waals surface area contributed by atoms with Gasteiger partial charge >= 0.3 is 0 Å². The van der Waals surface area contributed by atoms with E-state index in [1.54, 1.807) is 18.4 Å². The number of rotatable bonds is 8. The van der Waals surface area contributed by atoms with Crippen LogP contribution in [0.1, 0.15) is 6.42 Å². The Morgan fingerprint density at radius 1 is 0.875 bits per heavy atom. The van der Waals surface area contributed by atoms with E-state index in [-0.39, 0.29) is 0 Å². The van der Waals surface area contributed by atoms with Crippen LogP contribution in [0.2, 0.25) is 0 Å². The second-order valence-corrected chi connectivity index (χ2v) is 9.78. The van der Waals surface area contributed by atoms with Gasteiger partial charge in [0.15, 0.2) is 4.80 Å². The normalized spacial score (nSPS) is 12.4. The number of nitrogens with zero attached hydrogens (tertiary/aromatic N) is 3. The number of ether oxygens (including phenoxy) is 1. The van der Waals surface area contributed by atoms with Gasteiger partial charge in [0, 0.05) is 47.2 Å². The number of para-hydroxylation sites is 2. The highest BCUT2D eigenvalue weighted by Crippen LogP contribution is 2.31. The fraction of sp³-hybridized carbons (Fsp3) is 0.269. The SMILES string of the molecule is COc1ccc2c(c1)c1ccccc1n2CCCN=c1sc2ccccc2n1CCSC. The van der Waals surface area contributed by atoms with Crippen molar-refractivity contribution in [3.8, 4) is 5.75 Å². The van der Waals surface area contributed by atoms with Crippen LogP contribution < -0.4 is 9.54 Å². The maximum absolute atomic E-state index is 5.47. The Labute approximate surface area is 196 Å². The number of aromatic nitrogens is 2. The van der Waals surface area contributed by atoms with Crippen molar-refractivity contribution in [2.75, 3.05) is 25.7 Å². The first kappa shape index (κ1) is 21.2. The molecule has 3 aromatic carbocycles. The van der Waals surface area contributed by atoms with E-state index in [0.717, 1.165) is 42.4 Å². The highest BCUT2D eigenvalue weighted by Gasteiger charge is 2.11. The van der Waals surface area contributed by atoms with Gasteiger partial charge in [-0.05, 0) is 49.1 Å². The lowest BCUT2D eigenvalue weighted by Crippen LogP contribution is -2.17. The fourth-order valence-electron chi connectivity index (χ4n) is 4.34. The first-order valence-corrected chi connectivity index (χ1v) is 13.1. The average Bonchev–Trinajstić information content (AvgIpc) is 3.35. The zero-order chi connectivity index (χ0) is 21.9. The molecular weight excluding hydrogens is 434 g/mol. The van der Waals surface area contributed by atoms with Crippen LogP contribution in [-0.4, -0.2) is 34.8 Å². The molecule has 0 fully saturated rings. The summed E-state index contributed by atoms with van der Waals surface area (Å²) in [6, 6.07) is 23.6. The summed E-state index contributed by atoms with van der Waals surface area (Å²) in [6.45, 7) is 2.75. The predicted molar refractivity (Wildman–Crippen MR) is 139 cm³/mol. The van der Waals surface area contributed by atoms with E-state index in [1.165, 1.54) is 32.0 Å². The summed E-state index contributed by atoms with van der Waals surface area (Å²) in [6.07, 6.45) is 3.16. The molecule has 0 bridgehead atoms. The molecule has 0 saturated carbocycles. The molecule has 2 heterocycles. The van der Waals surface area contributed by atoms with E-state index in [4.69, 9.17) is 9.73 Å². The van der Waals surface area contributed by atoms with Crippen LogP contribution in [0.25, 0.3) is 32.0 Å². The topological polar surface area (TPSA) is 31.4 Å². The van der Waals surface area contributed by atoms with E-state index < -0.39 is 0 Å². The van der Waals surface area contributed by atoms with Crippen molar-refractivity contribution >= 4 is 55.1 Å². The first-order valence-electron chi connectivity index (χ1n) is 10.9. The lowest BCUT2D eigenvalue weighted by atomic mass is 10.1. The zero-order valence-electron chi connectivity index (χ0n) is 18.5. The monoisotopic (exact) mass is 461 g/mol. The van der Waals surface area contributed by atoms with Gasteiger partial charge in [-0.25, -0.2) is 0 Å². The molecule has 6 heteroatoms. The number of hydrogen-bond acceptors (Lipinski definition) is 4. The second-order valence-electron chi connectivity index (χ2n) is 7.78. The van der Waals surface area contributed by atoms with Gasteiger partial charge in [-0.15, -0.1) is 0 Å². The summed E-state index contributed by atoms with van der Waals surface area (Å²) in [5, 5.41) is 2.52. The molecule has 5 aromatic rings. The third-order valence-electron chi connectivity index (χ3n) is 5.87. The minimum absolute atomic E-state index is 0.816. The van der Waals surface area contributed by atoms with Gasteiger partial charge in [0.25, 0.3) is 0 Å². The minimum atomic E-state index is 0.816. The molecule has 0 unspecified atom stereocenters. The predicted octanol–water partition coefficient (Wildman–Crippen LogP) is 6.17. The van der Waals surface area contributed by atoms with Crippen molar-refractivity contribution in [2.24, 2.45) is 4.99 Å². The van der Waals surface area contributed by atoms with Gasteiger partial charge < -0.3 is 13.9 Å². The van der Waals surface area contributed by atoms with Crippen molar-refractivity contribution in [1.29, 1.82) is 0 Å². The Morgan fingerprint density at radius 3 is 2.50 bits per heavy atom. The molecule has 0 atom stereocenters. The van der Waals surface area contributed by atoms with Crippen LogP contribution in [-0.2, 0) is 13.1 Å². The summed E-state index contributed by atoms with van der Waals surface area (Å²) in [7, 11) is 1.72. The van der Waals surface area contributed by atoms with Crippen LogP contribution in [0.15, 0.2) is 71.7 Å². The van der Waals surface area contributed by atoms with Gasteiger partial charge in [0.1, 0.15) is 5.75 Å². The molecule has 4 nitrogen and oxygen atoms in total. The molecule has 5 rings (SSSR count). The van der Waals surface area contributed by atoms with E-state index in [9.17, 15) is 0 Å². The van der Waals surface area contributed by atoms with Crippen molar-refractivity contribution in [3.05, 3.63) is 71.5 Å². The molecule has 32 heavy (non-hydrogen) atoms. The lowest BCUT2D eigenvalue weighted by Gasteiger charge is -2.07. The smallest absolute Gasteiger partial charge is 0.185 e. The highest BCUT2D eigenvalue weighted by molar-refractivity contribution is 7.98. The number of thioether (sulfide) groups is 1. The van der Waals surface area contributed by atoms with Gasteiger partial charge in [-0.2, -0.15) is 11.8 Å². The largest absolute Gasteiger partial charge is 0.497 e. The number of aryl methyl sites for hydroxylation is 2. The maximum Gasteiger partial charge on any atom is 0.185 e. The third kappa shape index (κ3) is 3.93. The zero-order valence-corrected chi connectivity index (χ0v) is 20.1. The maximum atomic E-state index is 5.47. The fourth-order valence-corrected chi connectivity index (χ4v) is 5.79. The van der Waals surface area contributed by atoms with E-state index in [1.807, 2.05) is 17.8 Å². The van der Waals surface area contributed by atoms with Crippen LogP contribution in [0.4, 0.5) is 0 Å². The van der Waals surface area contributed by atoms with Crippen LogP contribution in [0, 0.1) is 0 Å². The Hall–Kier alpha value is -2.70. The minimum Gasteiger partial charge on any atom is -0.497 e. The number of hydrogen-bond donors (Lipinski definition) is 0. The quantitative estimate of drug-likeness (QED) is 0.259. The highest BCUT2D eigenvalue weighted by atomic mass is 32.2. The van der Waals surface area contributed by atoms with Crippen LogP contribution in [0.3, 0.4) is 0 Å². The van der Waals surface area contributed by atoms with Gasteiger partial charge in [0.2, 0.25) is 0 Å². The molecular formula is C26H27N3OS2. The lowest BCUT2D eigenvalue weighted by molar-refractivity contribution is 0.415. The molecule has 0 amide bonds. The molecule has 0 saturated heterocycles. The summed E-state index contributed by atoms with van der Waals surface area (Å²) < 4.78 is 11.6. The average molecular weight is 462 g/mol. The molecule has 164 valence electrons. The molecule has 0 aliphatic carbocycles. The van der Waals surface area contributed by atoms with Crippen molar-refractivity contribution in [3.63, 3.8) is 0 Å². The second kappa shape index (κ2) is 9.43. The third-order valence-corrected chi connectivity index (χ3v) is 7.56. The Morgan fingerprint density at radius 2 is 1.66 bits per heavy atom. The van der Waals surface area contributed by atoms with Gasteiger partial charge in [-0.3, -0.25) is 4.99 Å². The van der Waals surface area contributed by atoms with Crippen LogP contribution >= 0.6 is 23.1 Å². The molecule has 0 spiro atoms. The first-order chi connectivity index (χ1) is 15.8. The van der Waals surface area contributed by atoms with Crippen LogP contribution in [0.5, 0.6) is 5.75 Å². The van der Waals surface area contributed by atoms with Crippen molar-refractivity contribution in [2.45, 2.75) is 19.5 Å². The Balaban J connectivity index is 1.43. The molecule has 0 radical (unpaired) electrons. The number of methoxy groups -OCH3 is 1. The number of fused-ring (bicyclic) bond motifs is 4.